The molecule has 0 aliphatic heterocycles. The first-order valence-electron chi connectivity index (χ1n) is 9.03. The van der Waals surface area contributed by atoms with E-state index >= 15 is 0 Å². The number of carbonyl (C=O) groups excluding carboxylic acids is 1. The van der Waals surface area contributed by atoms with E-state index in [2.05, 4.69) is 15.5 Å². The molecule has 2 aromatic carbocycles. The van der Waals surface area contributed by atoms with Crippen LogP contribution < -0.4 is 19.5 Å². The number of benzene rings is 2. The zero-order valence-electron chi connectivity index (χ0n) is 16.9. The van der Waals surface area contributed by atoms with E-state index < -0.39 is 0 Å². The van der Waals surface area contributed by atoms with Gasteiger partial charge in [0.2, 0.25) is 5.75 Å². The van der Waals surface area contributed by atoms with E-state index in [1.54, 1.807) is 45.6 Å². The average Bonchev–Trinajstić information content (AvgIpc) is 2.77. The first-order valence-corrected chi connectivity index (χ1v) is 9.03. The number of nitrogens with one attached hydrogen (secondary N) is 1. The maximum absolute atomic E-state index is 12.7. The lowest BCUT2D eigenvalue weighted by Crippen LogP contribution is -2.22. The maximum Gasteiger partial charge on any atom is 0.251 e. The van der Waals surface area contributed by atoms with Gasteiger partial charge in [-0.1, -0.05) is 12.1 Å². The molecule has 0 radical (unpaired) electrons. The molecule has 0 saturated carbocycles. The molecule has 7 heteroatoms. The van der Waals surface area contributed by atoms with Gasteiger partial charge in [0, 0.05) is 17.7 Å². The highest BCUT2D eigenvalue weighted by atomic mass is 16.5. The Morgan fingerprint density at radius 3 is 2.24 bits per heavy atom. The van der Waals surface area contributed by atoms with Gasteiger partial charge in [-0.25, -0.2) is 0 Å². The van der Waals surface area contributed by atoms with Crippen LogP contribution >= 0.6 is 0 Å². The van der Waals surface area contributed by atoms with Gasteiger partial charge in [0.1, 0.15) is 0 Å². The van der Waals surface area contributed by atoms with Crippen LogP contribution in [0.5, 0.6) is 17.2 Å². The van der Waals surface area contributed by atoms with Gasteiger partial charge in [0.05, 0.1) is 32.7 Å². The molecule has 0 bridgehead atoms. The fourth-order valence-corrected chi connectivity index (χ4v) is 2.89. The van der Waals surface area contributed by atoms with Crippen LogP contribution in [0.2, 0.25) is 0 Å². The SMILES string of the molecule is COc1cc(CNC(=O)c2cccc(-c3ccc(C)nn3)c2)cc(OC)c1OC. The van der Waals surface area contributed by atoms with Gasteiger partial charge in [0.15, 0.2) is 11.5 Å². The molecule has 1 heterocycles. The number of aryl methyl sites for hydroxylation is 1. The summed E-state index contributed by atoms with van der Waals surface area (Å²) in [5.74, 6) is 1.39. The van der Waals surface area contributed by atoms with Crippen LogP contribution in [0.15, 0.2) is 48.5 Å². The van der Waals surface area contributed by atoms with Crippen molar-refractivity contribution in [1.82, 2.24) is 15.5 Å². The molecule has 7 nitrogen and oxygen atoms in total. The van der Waals surface area contributed by atoms with Crippen LogP contribution in [0.3, 0.4) is 0 Å². The molecule has 0 aliphatic rings. The van der Waals surface area contributed by atoms with E-state index in [9.17, 15) is 4.79 Å². The van der Waals surface area contributed by atoms with Crippen LogP contribution in [-0.4, -0.2) is 37.4 Å². The van der Waals surface area contributed by atoms with Crippen molar-refractivity contribution in [3.8, 4) is 28.5 Å². The summed E-state index contributed by atoms with van der Waals surface area (Å²) in [5.41, 5.74) is 3.76. The van der Waals surface area contributed by atoms with Crippen LogP contribution in [-0.2, 0) is 6.54 Å². The van der Waals surface area contributed by atoms with Gasteiger partial charge in [-0.15, -0.1) is 0 Å². The standard InChI is InChI=1S/C22H23N3O4/c1-14-8-9-18(25-24-14)16-6-5-7-17(12-16)22(26)23-13-15-10-19(27-2)21(29-4)20(11-15)28-3/h5-12H,13H2,1-4H3,(H,23,26). The van der Waals surface area contributed by atoms with Crippen molar-refractivity contribution < 1.29 is 19.0 Å². The Morgan fingerprint density at radius 2 is 1.66 bits per heavy atom. The Bertz CT molecular complexity index is 978. The Kier molecular flexibility index (Phi) is 6.29. The number of aromatic nitrogens is 2. The second-order valence-corrected chi connectivity index (χ2v) is 6.36. The van der Waals surface area contributed by atoms with Gasteiger partial charge in [-0.2, -0.15) is 10.2 Å². The molecule has 0 atom stereocenters. The largest absolute Gasteiger partial charge is 0.493 e. The number of nitrogens with zero attached hydrogens (tertiary/aromatic N) is 2. The Balaban J connectivity index is 1.76. The van der Waals surface area contributed by atoms with Gasteiger partial charge < -0.3 is 19.5 Å². The molecule has 3 rings (SSSR count). The highest BCUT2D eigenvalue weighted by Gasteiger charge is 2.14. The zero-order chi connectivity index (χ0) is 20.8. The first kappa shape index (κ1) is 20.1. The molecule has 0 aliphatic carbocycles. The first-order chi connectivity index (χ1) is 14.0. The summed E-state index contributed by atoms with van der Waals surface area (Å²) in [4.78, 5) is 12.7. The molecule has 29 heavy (non-hydrogen) atoms. The Hall–Kier alpha value is -3.61. The van der Waals surface area contributed by atoms with Crippen molar-refractivity contribution in [2.45, 2.75) is 13.5 Å². The van der Waals surface area contributed by atoms with Crippen LogP contribution in [0.25, 0.3) is 11.3 Å². The number of hydrogen-bond acceptors (Lipinski definition) is 6. The van der Waals surface area contributed by atoms with Crippen molar-refractivity contribution in [3.63, 3.8) is 0 Å². The van der Waals surface area contributed by atoms with Gasteiger partial charge in [0.25, 0.3) is 5.91 Å². The van der Waals surface area contributed by atoms with Crippen molar-refractivity contribution >= 4 is 5.91 Å². The highest BCUT2D eigenvalue weighted by Crippen LogP contribution is 2.38. The lowest BCUT2D eigenvalue weighted by Gasteiger charge is -2.14. The van der Waals surface area contributed by atoms with Crippen molar-refractivity contribution in [2.75, 3.05) is 21.3 Å². The second-order valence-electron chi connectivity index (χ2n) is 6.36. The van der Waals surface area contributed by atoms with E-state index in [-0.39, 0.29) is 5.91 Å². The fraction of sp³-hybridized carbons (Fsp3) is 0.227. The van der Waals surface area contributed by atoms with Crippen LogP contribution in [0.4, 0.5) is 0 Å². The molecular weight excluding hydrogens is 370 g/mol. The minimum absolute atomic E-state index is 0.194. The second kappa shape index (κ2) is 9.05. The average molecular weight is 393 g/mol. The third-order valence-corrected chi connectivity index (χ3v) is 4.40. The number of carbonyl (C=O) groups is 1. The molecule has 0 spiro atoms. The van der Waals surface area contributed by atoms with Crippen molar-refractivity contribution in [3.05, 3.63) is 65.4 Å². The summed E-state index contributed by atoms with van der Waals surface area (Å²) in [6.07, 6.45) is 0. The van der Waals surface area contributed by atoms with E-state index in [1.807, 2.05) is 31.2 Å². The number of methoxy groups -OCH3 is 3. The van der Waals surface area contributed by atoms with E-state index in [4.69, 9.17) is 14.2 Å². The maximum atomic E-state index is 12.7. The van der Waals surface area contributed by atoms with Crippen molar-refractivity contribution in [1.29, 1.82) is 0 Å². The predicted octanol–water partition coefficient (Wildman–Crippen LogP) is 3.41. The van der Waals surface area contributed by atoms with Crippen LogP contribution in [0, 0.1) is 6.92 Å². The van der Waals surface area contributed by atoms with E-state index in [0.717, 1.165) is 22.5 Å². The third kappa shape index (κ3) is 4.63. The third-order valence-electron chi connectivity index (χ3n) is 4.40. The fourth-order valence-electron chi connectivity index (χ4n) is 2.89. The summed E-state index contributed by atoms with van der Waals surface area (Å²) in [6.45, 7) is 2.19. The molecule has 1 amide bonds. The molecule has 1 aromatic heterocycles. The molecule has 0 unspecified atom stereocenters. The zero-order valence-corrected chi connectivity index (χ0v) is 16.9. The molecule has 1 N–H and O–H groups in total. The predicted molar refractivity (Wildman–Crippen MR) is 109 cm³/mol. The summed E-state index contributed by atoms with van der Waals surface area (Å²) >= 11 is 0. The van der Waals surface area contributed by atoms with E-state index in [1.165, 1.54) is 0 Å². The van der Waals surface area contributed by atoms with Gasteiger partial charge >= 0.3 is 0 Å². The molecule has 150 valence electrons. The highest BCUT2D eigenvalue weighted by molar-refractivity contribution is 5.95. The van der Waals surface area contributed by atoms with Gasteiger partial charge in [-0.3, -0.25) is 4.79 Å². The minimum atomic E-state index is -0.194. The molecule has 0 fully saturated rings. The van der Waals surface area contributed by atoms with E-state index in [0.29, 0.717) is 29.4 Å². The summed E-state index contributed by atoms with van der Waals surface area (Å²) in [7, 11) is 4.66. The molecular formula is C22H23N3O4. The normalized spacial score (nSPS) is 10.3. The lowest BCUT2D eigenvalue weighted by molar-refractivity contribution is 0.0951. The Labute approximate surface area is 169 Å². The summed E-state index contributed by atoms with van der Waals surface area (Å²) in [5, 5.41) is 11.2. The lowest BCUT2D eigenvalue weighted by atomic mass is 10.1. The number of amides is 1. The number of rotatable bonds is 7. The molecule has 0 saturated heterocycles. The quantitative estimate of drug-likeness (QED) is 0.662. The smallest absolute Gasteiger partial charge is 0.251 e. The Morgan fingerprint density at radius 1 is 0.931 bits per heavy atom. The van der Waals surface area contributed by atoms with Crippen LogP contribution in [0.1, 0.15) is 21.6 Å². The topological polar surface area (TPSA) is 82.6 Å². The number of ether oxygens (including phenoxy) is 3. The molecule has 3 aromatic rings. The summed E-state index contributed by atoms with van der Waals surface area (Å²) < 4.78 is 16.0. The number of hydrogen-bond donors (Lipinski definition) is 1. The summed E-state index contributed by atoms with van der Waals surface area (Å²) in [6, 6.07) is 14.7. The van der Waals surface area contributed by atoms with Crippen molar-refractivity contribution in [2.24, 2.45) is 0 Å². The minimum Gasteiger partial charge on any atom is -0.493 e. The van der Waals surface area contributed by atoms with Gasteiger partial charge in [-0.05, 0) is 48.9 Å². The monoisotopic (exact) mass is 393 g/mol.